The van der Waals surface area contributed by atoms with Gasteiger partial charge in [0.25, 0.3) is 0 Å². The van der Waals surface area contributed by atoms with Gasteiger partial charge in [0, 0.05) is 19.4 Å². The van der Waals surface area contributed by atoms with Gasteiger partial charge in [0.05, 0.1) is 50.5 Å². The van der Waals surface area contributed by atoms with E-state index in [1.54, 1.807) is 0 Å². The van der Waals surface area contributed by atoms with Crippen molar-refractivity contribution in [2.24, 2.45) is 39.4 Å². The number of esters is 2. The molecule has 0 aromatic carbocycles. The molecule has 4 unspecified atom stereocenters. The zero-order valence-corrected chi connectivity index (χ0v) is 54.2. The number of carbonyl (C=O) groups excluding carboxylic acids is 2. The number of allylic oxidation sites excluding steroid dienone is 3. The highest BCUT2D eigenvalue weighted by Crippen LogP contribution is 2.77. The molecule has 6 saturated heterocycles. The van der Waals surface area contributed by atoms with E-state index in [-0.39, 0.29) is 17.8 Å². The van der Waals surface area contributed by atoms with Gasteiger partial charge >= 0.3 is 22.3 Å². The van der Waals surface area contributed by atoms with E-state index in [2.05, 4.69) is 26.5 Å². The van der Waals surface area contributed by atoms with Crippen molar-refractivity contribution in [3.05, 3.63) is 23.8 Å². The minimum absolute atomic E-state index is 0.0414. The quantitative estimate of drug-likeness (QED) is 0.0319. The van der Waals surface area contributed by atoms with Crippen LogP contribution in [-0.2, 0) is 85.8 Å². The molecule has 10 rings (SSSR count). The zero-order valence-electron chi connectivity index (χ0n) is 53.4. The highest BCUT2D eigenvalue weighted by Gasteiger charge is 2.79. The molecule has 532 valence electrons. The first-order chi connectivity index (χ1) is 43.6. The van der Waals surface area contributed by atoms with Crippen LogP contribution >= 0.6 is 0 Å². The Kier molecular flexibility index (Phi) is 21.9. The molecule has 6 aliphatic heterocycles. The van der Waals surface area contributed by atoms with E-state index in [4.69, 9.17) is 65.8 Å². The van der Waals surface area contributed by atoms with Crippen LogP contribution in [0.2, 0.25) is 0 Å². The van der Waals surface area contributed by atoms with Crippen LogP contribution in [0, 0.1) is 39.4 Å². The summed E-state index contributed by atoms with van der Waals surface area (Å²) >= 11 is 0. The van der Waals surface area contributed by atoms with Crippen LogP contribution in [0.15, 0.2) is 23.8 Å². The fourth-order valence-corrected chi connectivity index (χ4v) is 18.3. The second-order valence-electron chi connectivity index (χ2n) is 28.4. The minimum atomic E-state index is -5.32. The summed E-state index contributed by atoms with van der Waals surface area (Å²) < 4.78 is 118. The van der Waals surface area contributed by atoms with Crippen LogP contribution in [0.1, 0.15) is 106 Å². The molecule has 93 heavy (non-hydrogen) atoms. The van der Waals surface area contributed by atoms with E-state index in [9.17, 15) is 83.8 Å². The van der Waals surface area contributed by atoms with E-state index >= 15 is 0 Å². The maximum atomic E-state index is 14.8. The molecule has 1 spiro atoms. The molecule has 6 heterocycles. The van der Waals surface area contributed by atoms with Crippen LogP contribution in [0.4, 0.5) is 0 Å². The van der Waals surface area contributed by atoms with Gasteiger partial charge in [-0.15, -0.1) is 6.58 Å². The van der Waals surface area contributed by atoms with Crippen LogP contribution in [0.5, 0.6) is 0 Å². The summed E-state index contributed by atoms with van der Waals surface area (Å²) in [5, 5.41) is 133. The lowest BCUT2D eigenvalue weighted by atomic mass is 9.41. The normalized spacial score (nSPS) is 49.7. The van der Waals surface area contributed by atoms with Gasteiger partial charge in [-0.25, -0.2) is 4.18 Å². The Balaban J connectivity index is 0.925. The smallest absolute Gasteiger partial charge is 0.397 e. The van der Waals surface area contributed by atoms with Crippen molar-refractivity contribution in [1.82, 2.24) is 0 Å². The fraction of sp³-hybridized carbons (Fsp3) is 0.902. The SMILES string of the molecule is C=C(C)CCC[C@]1(C)OC(=O)C23CC[C@H]4C(=CC[C@H]5C(C)(C)C(O[C@@H]6OC[C@@H](OS(=O)(=O)O)[C@H](O)[C@H]6O[C@@H]6O[C@H](CO)[C@@H](O[C@@H]7O[C@H](CO)[C@@H](O)[C@H](O[C@@H]8O[C@H](CO)[C@@H](O)[C@H](OC)[C@H]8O)[C@H]7O)[C@H](O)[C@H]6O[C@@H]6OC[C@@H](O)[C@H](O)[C@H]6O)CC[C@]45C)[C@]2(C)CC(OC(C)=O)C31. The Labute approximate surface area is 538 Å². The number of aliphatic hydroxyl groups excluding tert-OH is 12. The van der Waals surface area contributed by atoms with E-state index in [0.29, 0.717) is 44.9 Å². The van der Waals surface area contributed by atoms with E-state index in [1.807, 2.05) is 27.7 Å². The summed E-state index contributed by atoms with van der Waals surface area (Å²) in [7, 11) is -4.17. The molecular weight excluding hydrogens is 1260 g/mol. The van der Waals surface area contributed by atoms with Crippen LogP contribution in [-0.4, -0.2) is 285 Å². The number of hydrogen-bond acceptors (Lipinski definition) is 30. The third-order valence-electron chi connectivity index (χ3n) is 22.4. The molecule has 10 aliphatic rings. The van der Waals surface area contributed by atoms with Gasteiger partial charge in [-0.05, 0) is 94.3 Å². The maximum absolute atomic E-state index is 14.8. The largest absolute Gasteiger partial charge is 0.462 e. The van der Waals surface area contributed by atoms with Crippen molar-refractivity contribution in [3.8, 4) is 0 Å². The third kappa shape index (κ3) is 13.2. The minimum Gasteiger partial charge on any atom is -0.462 e. The van der Waals surface area contributed by atoms with Crippen molar-refractivity contribution < 1.29 is 150 Å². The molecule has 32 heteroatoms. The fourth-order valence-electron chi connectivity index (χ4n) is 17.9. The van der Waals surface area contributed by atoms with Crippen LogP contribution < -0.4 is 0 Å². The Morgan fingerprint density at radius 3 is 1.85 bits per heavy atom. The standard InChI is InChI=1S/C61H96O31S/c1-25(2)11-10-16-60(8)50-30(82-26(3)65)19-59(7)28-12-13-35-57(4,5)36(15-17-58(35,6)27(28)14-18-61(50,59)56(75)91-60)86-54-48(40(70)34(24-81-54)92-93(76,77)78)90-55-49(89-51-41(71)37(67)29(66)23-80-51)42(72)45(33(22-64)85-55)87-53-44(74)47(39(69)32(21-63)84-53)88-52-43(73)46(79-9)38(68)31(20-62)83-52/h12,27,29-55,62-64,66-74H,1,10-11,13-24H2,2-9H3,(H,76,77,78)/t27-,29+,30?,31+,32+,33+,34+,35-,36?,37-,38+,39+,40-,41+,42-,43+,44+,45+,46-,47-,48+,49+,50?,51-,52-,53-,54-,55-,58+,59-,60-,61?/m0/s1. The third-order valence-corrected chi connectivity index (χ3v) is 22.9. The molecule has 0 aromatic rings. The summed E-state index contributed by atoms with van der Waals surface area (Å²) in [5.41, 5.74) is -1.65. The number of fused-ring (bicyclic) bond motifs is 4. The molecule has 3 saturated carbocycles. The molecule has 9 fully saturated rings. The lowest BCUT2D eigenvalue weighted by Gasteiger charge is -2.64. The summed E-state index contributed by atoms with van der Waals surface area (Å²) in [6, 6.07) is 0. The molecule has 13 N–H and O–H groups in total. The van der Waals surface area contributed by atoms with E-state index < -0.39 is 236 Å². The van der Waals surface area contributed by atoms with E-state index in [0.717, 1.165) is 31.1 Å². The number of ether oxygens (including phenoxy) is 13. The van der Waals surface area contributed by atoms with Crippen molar-refractivity contribution in [2.45, 2.75) is 265 Å². The molecule has 0 amide bonds. The number of cyclic esters (lactones) is 1. The van der Waals surface area contributed by atoms with Crippen LogP contribution in [0.3, 0.4) is 0 Å². The summed E-state index contributed by atoms with van der Waals surface area (Å²) in [4.78, 5) is 27.6. The molecule has 0 aromatic heterocycles. The van der Waals surface area contributed by atoms with Crippen molar-refractivity contribution in [2.75, 3.05) is 40.1 Å². The molecule has 0 bridgehead atoms. The first-order valence-corrected chi connectivity index (χ1v) is 33.4. The average molecular weight is 1360 g/mol. The van der Waals surface area contributed by atoms with Gasteiger partial charge < -0.3 is 123 Å². The number of carbonyl (C=O) groups is 2. The molecular formula is C61H96O31S. The second kappa shape index (κ2) is 27.8. The first kappa shape index (κ1) is 73.1. The lowest BCUT2D eigenvalue weighted by Crippen LogP contribution is -2.68. The number of aliphatic hydroxyl groups is 12. The Morgan fingerprint density at radius 2 is 1.24 bits per heavy atom. The predicted octanol–water partition coefficient (Wildman–Crippen LogP) is -2.58. The Morgan fingerprint density at radius 1 is 0.656 bits per heavy atom. The number of hydrogen-bond donors (Lipinski definition) is 13. The highest BCUT2D eigenvalue weighted by molar-refractivity contribution is 7.80. The maximum Gasteiger partial charge on any atom is 0.397 e. The topological polar surface area (TPSA) is 460 Å². The molecule has 32 atom stereocenters. The Bertz CT molecular complexity index is 2800. The van der Waals surface area contributed by atoms with Gasteiger partial charge in [0.2, 0.25) is 0 Å². The number of methoxy groups -OCH3 is 1. The van der Waals surface area contributed by atoms with Gasteiger partial charge in [0.1, 0.15) is 122 Å². The van der Waals surface area contributed by atoms with Crippen molar-refractivity contribution in [1.29, 1.82) is 0 Å². The Hall–Kier alpha value is -2.63. The van der Waals surface area contributed by atoms with Gasteiger partial charge in [0.15, 0.2) is 31.5 Å². The second-order valence-corrected chi connectivity index (χ2v) is 29.5. The molecule has 31 nitrogen and oxygen atoms in total. The van der Waals surface area contributed by atoms with Gasteiger partial charge in [-0.1, -0.05) is 44.9 Å². The van der Waals surface area contributed by atoms with Crippen molar-refractivity contribution in [3.63, 3.8) is 0 Å². The predicted molar refractivity (Wildman–Crippen MR) is 310 cm³/mol. The van der Waals surface area contributed by atoms with Crippen molar-refractivity contribution >= 4 is 22.3 Å². The average Bonchev–Trinajstić information content (AvgIpc) is 1.51. The highest BCUT2D eigenvalue weighted by atomic mass is 32.3. The monoisotopic (exact) mass is 1360 g/mol. The summed E-state index contributed by atoms with van der Waals surface area (Å²) in [6.07, 6.45) is -37.0. The summed E-state index contributed by atoms with van der Waals surface area (Å²) in [5.74, 6) is -1.29. The molecule has 0 radical (unpaired) electrons. The molecule has 4 aliphatic carbocycles. The van der Waals surface area contributed by atoms with E-state index in [1.165, 1.54) is 6.92 Å². The lowest BCUT2D eigenvalue weighted by molar-refractivity contribution is -0.405. The first-order valence-electron chi connectivity index (χ1n) is 32.0. The van der Waals surface area contributed by atoms with Gasteiger partial charge in [-0.2, -0.15) is 8.42 Å². The van der Waals surface area contributed by atoms with Crippen LogP contribution in [0.25, 0.3) is 0 Å². The number of rotatable bonds is 21. The summed E-state index contributed by atoms with van der Waals surface area (Å²) in [6.45, 7) is 13.6. The zero-order chi connectivity index (χ0) is 68.0. The van der Waals surface area contributed by atoms with Gasteiger partial charge in [-0.3, -0.25) is 14.1 Å².